The lowest BCUT2D eigenvalue weighted by atomic mass is 9.95. The van der Waals surface area contributed by atoms with Gasteiger partial charge in [0.2, 0.25) is 0 Å². The number of ketones is 1. The highest BCUT2D eigenvalue weighted by Gasteiger charge is 2.61. The van der Waals surface area contributed by atoms with E-state index >= 15 is 0 Å². The third kappa shape index (κ3) is 3.58. The quantitative estimate of drug-likeness (QED) is 0.696. The normalized spacial score (nSPS) is 32.3. The second-order valence-corrected chi connectivity index (χ2v) is 17.4. The Morgan fingerprint density at radius 1 is 0.920 bits per heavy atom. The van der Waals surface area contributed by atoms with Gasteiger partial charge in [-0.2, -0.15) is 0 Å². The maximum Gasteiger partial charge on any atom is 0.335 e. The number of ether oxygens (including phenoxy) is 1. The first-order chi connectivity index (χ1) is 11.5. The van der Waals surface area contributed by atoms with E-state index in [1.54, 1.807) is 0 Å². The van der Waals surface area contributed by atoms with E-state index in [-0.39, 0.29) is 27.9 Å². The van der Waals surface area contributed by atoms with Gasteiger partial charge in [-0.15, -0.1) is 0 Å². The molecule has 0 N–H and O–H groups in total. The van der Waals surface area contributed by atoms with E-state index in [2.05, 4.69) is 55.4 Å². The van der Waals surface area contributed by atoms with Crippen LogP contribution in [0.3, 0.4) is 0 Å². The fourth-order valence-electron chi connectivity index (χ4n) is 4.06. The van der Waals surface area contributed by atoms with Crippen molar-refractivity contribution in [2.75, 3.05) is 6.61 Å². The molecule has 0 unspecified atom stereocenters. The van der Waals surface area contributed by atoms with Crippen molar-refractivity contribution < 1.29 is 22.5 Å². The molecule has 2 fully saturated rings. The number of rotatable bonds is 4. The molecule has 0 aromatic heterocycles. The van der Waals surface area contributed by atoms with Crippen molar-refractivity contribution in [1.82, 2.24) is 0 Å². The SMILES string of the molecule is [B][C@@H]1O[C@@H]2CO[Si](C(C)C)(C(C)C)O[Si](C(C)C)(C(C)C)O[C@H]2C1=O. The summed E-state index contributed by atoms with van der Waals surface area (Å²) in [5.41, 5.74) is 0.901. The van der Waals surface area contributed by atoms with Gasteiger partial charge in [-0.05, 0) is 22.2 Å². The Kier molecular flexibility index (Phi) is 6.44. The van der Waals surface area contributed by atoms with Gasteiger partial charge in [-0.25, -0.2) is 0 Å². The Morgan fingerprint density at radius 3 is 1.84 bits per heavy atom. The summed E-state index contributed by atoms with van der Waals surface area (Å²) in [5.74, 6) is -0.196. The van der Waals surface area contributed by atoms with Gasteiger partial charge in [0.15, 0.2) is 5.78 Å². The average Bonchev–Trinajstić information content (AvgIpc) is 2.73. The maximum absolute atomic E-state index is 12.5. The van der Waals surface area contributed by atoms with Crippen LogP contribution < -0.4 is 0 Å². The summed E-state index contributed by atoms with van der Waals surface area (Å²) in [6, 6.07) is -0.933. The highest BCUT2D eigenvalue weighted by atomic mass is 28.5. The molecule has 8 heteroatoms. The minimum absolute atomic E-state index is 0.184. The van der Waals surface area contributed by atoms with E-state index in [1.165, 1.54) is 0 Å². The van der Waals surface area contributed by atoms with E-state index in [1.807, 2.05) is 0 Å². The minimum atomic E-state index is -2.76. The Balaban J connectivity index is 2.55. The molecule has 0 amide bonds. The molecule has 0 aromatic rings. The van der Waals surface area contributed by atoms with Gasteiger partial charge in [-0.1, -0.05) is 55.4 Å². The zero-order valence-corrected chi connectivity index (χ0v) is 18.9. The van der Waals surface area contributed by atoms with Crippen LogP contribution in [0.2, 0.25) is 22.2 Å². The van der Waals surface area contributed by atoms with Crippen LogP contribution in [-0.4, -0.2) is 55.6 Å². The number of carbonyl (C=O) groups excluding carboxylic acids is 1. The lowest BCUT2D eigenvalue weighted by Gasteiger charge is -2.50. The Morgan fingerprint density at radius 2 is 1.40 bits per heavy atom. The Labute approximate surface area is 156 Å². The lowest BCUT2D eigenvalue weighted by Crippen LogP contribution is -2.65. The molecule has 0 saturated carbocycles. The van der Waals surface area contributed by atoms with Gasteiger partial charge in [0.05, 0.1) is 12.6 Å². The monoisotopic (exact) mass is 384 g/mol. The third-order valence-electron chi connectivity index (χ3n) is 5.54. The molecule has 2 saturated heterocycles. The second kappa shape index (κ2) is 7.56. The van der Waals surface area contributed by atoms with E-state index < -0.39 is 35.3 Å². The van der Waals surface area contributed by atoms with Crippen molar-refractivity contribution in [2.45, 2.75) is 95.8 Å². The zero-order valence-electron chi connectivity index (χ0n) is 16.9. The van der Waals surface area contributed by atoms with Gasteiger partial charge in [0.1, 0.15) is 20.1 Å². The summed E-state index contributed by atoms with van der Waals surface area (Å²) in [7, 11) is 0.509. The van der Waals surface area contributed by atoms with Crippen LogP contribution in [0, 0.1) is 0 Å². The number of Topliss-reactive ketones (excluding diaryl/α,β-unsaturated/α-hetero) is 1. The molecule has 2 aliphatic heterocycles. The van der Waals surface area contributed by atoms with Crippen LogP contribution >= 0.6 is 0 Å². The fourth-order valence-corrected chi connectivity index (χ4v) is 15.2. The molecular weight excluding hydrogens is 351 g/mol. The topological polar surface area (TPSA) is 54.0 Å². The van der Waals surface area contributed by atoms with Crippen molar-refractivity contribution in [2.24, 2.45) is 0 Å². The standard InChI is InChI=1S/C17H33BO5Si2/c1-10(2)24(11(3)4)20-9-14-16(15(19)17(18)21-14)22-25(23-24,12(5)6)13(7)8/h10-14,16-17H,9H2,1-8H3/t14-,16-,17-/m1/s1. The van der Waals surface area contributed by atoms with Crippen LogP contribution in [0.1, 0.15) is 55.4 Å². The van der Waals surface area contributed by atoms with Crippen LogP contribution in [0.25, 0.3) is 0 Å². The Bertz CT molecular complexity index is 481. The number of fused-ring (bicyclic) bond motifs is 1. The van der Waals surface area contributed by atoms with Gasteiger partial charge in [0.25, 0.3) is 0 Å². The molecule has 25 heavy (non-hydrogen) atoms. The highest BCUT2D eigenvalue weighted by Crippen LogP contribution is 2.46. The summed E-state index contributed by atoms with van der Waals surface area (Å²) in [5, 5.41) is 0. The summed E-state index contributed by atoms with van der Waals surface area (Å²) in [6.07, 6.45) is -1.13. The number of hydrogen-bond acceptors (Lipinski definition) is 5. The predicted molar refractivity (Wildman–Crippen MR) is 103 cm³/mol. The third-order valence-corrected chi connectivity index (χ3v) is 15.8. The largest absolute Gasteiger partial charge is 0.414 e. The molecule has 0 aliphatic carbocycles. The van der Waals surface area contributed by atoms with E-state index in [9.17, 15) is 4.79 Å². The molecule has 0 bridgehead atoms. The predicted octanol–water partition coefficient (Wildman–Crippen LogP) is 3.41. The van der Waals surface area contributed by atoms with Crippen molar-refractivity contribution in [3.8, 4) is 0 Å². The Hall–Kier alpha value is 0.00870. The van der Waals surface area contributed by atoms with Gasteiger partial charge in [-0.3, -0.25) is 4.79 Å². The molecule has 2 heterocycles. The van der Waals surface area contributed by atoms with Crippen molar-refractivity contribution in [1.29, 1.82) is 0 Å². The molecule has 2 rings (SSSR count). The summed E-state index contributed by atoms with van der Waals surface area (Å²) in [6.45, 7) is 17.5. The van der Waals surface area contributed by atoms with Crippen molar-refractivity contribution in [3.63, 3.8) is 0 Å². The molecule has 2 aliphatic rings. The first-order valence-corrected chi connectivity index (χ1v) is 13.4. The fraction of sp³-hybridized carbons (Fsp3) is 0.941. The number of hydrogen-bond donors (Lipinski definition) is 0. The van der Waals surface area contributed by atoms with Crippen LogP contribution in [0.5, 0.6) is 0 Å². The first kappa shape index (κ1) is 21.3. The smallest absolute Gasteiger partial charge is 0.335 e. The molecule has 2 radical (unpaired) electrons. The molecule has 0 aromatic carbocycles. The van der Waals surface area contributed by atoms with E-state index in [0.717, 1.165) is 0 Å². The van der Waals surface area contributed by atoms with Crippen LogP contribution in [-0.2, 0) is 22.5 Å². The lowest BCUT2D eigenvalue weighted by molar-refractivity contribution is -0.125. The van der Waals surface area contributed by atoms with Gasteiger partial charge in [0, 0.05) is 0 Å². The van der Waals surface area contributed by atoms with E-state index in [4.69, 9.17) is 25.6 Å². The average molecular weight is 384 g/mol. The molecule has 0 spiro atoms. The summed E-state index contributed by atoms with van der Waals surface area (Å²) in [4.78, 5) is 12.5. The summed E-state index contributed by atoms with van der Waals surface area (Å²) < 4.78 is 25.8. The van der Waals surface area contributed by atoms with Crippen molar-refractivity contribution in [3.05, 3.63) is 0 Å². The molecule has 3 atom stereocenters. The highest BCUT2D eigenvalue weighted by molar-refractivity contribution is 6.84. The van der Waals surface area contributed by atoms with Crippen LogP contribution in [0.15, 0.2) is 0 Å². The molecule has 5 nitrogen and oxygen atoms in total. The minimum Gasteiger partial charge on any atom is -0.414 e. The summed E-state index contributed by atoms with van der Waals surface area (Å²) >= 11 is 0. The van der Waals surface area contributed by atoms with Gasteiger partial charge < -0.3 is 17.7 Å². The maximum atomic E-state index is 12.5. The van der Waals surface area contributed by atoms with Crippen molar-refractivity contribution >= 4 is 30.8 Å². The second-order valence-electron chi connectivity index (χ2n) is 8.51. The van der Waals surface area contributed by atoms with Crippen LogP contribution in [0.4, 0.5) is 0 Å². The molecule has 142 valence electrons. The van der Waals surface area contributed by atoms with Gasteiger partial charge >= 0.3 is 17.1 Å². The first-order valence-electron chi connectivity index (χ1n) is 9.44. The van der Waals surface area contributed by atoms with E-state index in [0.29, 0.717) is 6.61 Å². The molecular formula is C17H33BO5Si2. The zero-order chi connectivity index (χ0) is 19.2. The number of carbonyl (C=O) groups is 1.